The molecule has 0 bridgehead atoms. The third-order valence-electron chi connectivity index (χ3n) is 3.06. The van der Waals surface area contributed by atoms with Gasteiger partial charge in [-0.2, -0.15) is 0 Å². The Hall–Kier alpha value is -0.650. The number of nitrogens with zero attached hydrogens (tertiary/aromatic N) is 3. The molecule has 0 saturated carbocycles. The summed E-state index contributed by atoms with van der Waals surface area (Å²) in [4.78, 5) is 20.2. The van der Waals surface area contributed by atoms with Crippen LogP contribution in [-0.2, 0) is 10.7 Å². The van der Waals surface area contributed by atoms with Crippen LogP contribution >= 0.6 is 22.9 Å². The van der Waals surface area contributed by atoms with E-state index in [0.29, 0.717) is 12.4 Å². The number of hydrogen-bond donors (Lipinski definition) is 0. The number of amides is 1. The molecule has 0 aliphatic heterocycles. The van der Waals surface area contributed by atoms with Gasteiger partial charge in [0.2, 0.25) is 5.91 Å². The highest BCUT2D eigenvalue weighted by Gasteiger charge is 2.23. The van der Waals surface area contributed by atoms with Gasteiger partial charge in [-0.05, 0) is 13.0 Å². The van der Waals surface area contributed by atoms with Gasteiger partial charge in [-0.25, -0.2) is 4.98 Å². The van der Waals surface area contributed by atoms with Crippen LogP contribution in [0.3, 0.4) is 0 Å². The number of halogens is 1. The molecular weight excluding hydrogens is 282 g/mol. The number of aromatic nitrogens is 1. The minimum absolute atomic E-state index is 0.120. The van der Waals surface area contributed by atoms with Crippen LogP contribution in [0.4, 0.5) is 0 Å². The molecule has 6 heteroatoms. The van der Waals surface area contributed by atoms with Crippen molar-refractivity contribution in [3.8, 4) is 0 Å². The third kappa shape index (κ3) is 4.44. The van der Waals surface area contributed by atoms with Crippen molar-refractivity contribution in [1.29, 1.82) is 0 Å². The van der Waals surface area contributed by atoms with Gasteiger partial charge in [0.15, 0.2) is 0 Å². The molecule has 1 aromatic rings. The molecule has 1 unspecified atom stereocenters. The molecule has 19 heavy (non-hydrogen) atoms. The van der Waals surface area contributed by atoms with Gasteiger partial charge in [-0.15, -0.1) is 22.9 Å². The summed E-state index contributed by atoms with van der Waals surface area (Å²) >= 11 is 7.42. The van der Waals surface area contributed by atoms with E-state index in [0.717, 1.165) is 23.7 Å². The summed E-state index contributed by atoms with van der Waals surface area (Å²) in [6, 6.07) is 0.191. The lowest BCUT2D eigenvalue weighted by Crippen LogP contribution is -2.38. The van der Waals surface area contributed by atoms with E-state index >= 15 is 0 Å². The average molecular weight is 304 g/mol. The smallest absolute Gasteiger partial charge is 0.236 e. The monoisotopic (exact) mass is 303 g/mol. The first-order valence-corrected chi connectivity index (χ1v) is 7.89. The summed E-state index contributed by atoms with van der Waals surface area (Å²) in [5.74, 6) is 0.560. The molecule has 0 saturated heterocycles. The zero-order chi connectivity index (χ0) is 14.4. The van der Waals surface area contributed by atoms with E-state index in [4.69, 9.17) is 11.6 Å². The lowest BCUT2D eigenvalue weighted by atomic mass is 10.2. The molecule has 0 N–H and O–H groups in total. The van der Waals surface area contributed by atoms with Crippen LogP contribution in [0.25, 0.3) is 0 Å². The largest absolute Gasteiger partial charge is 0.348 e. The number of likely N-dealkylation sites (N-methyl/N-ethyl adjacent to an activating group) is 2. The van der Waals surface area contributed by atoms with Gasteiger partial charge in [0.05, 0.1) is 24.2 Å². The van der Waals surface area contributed by atoms with Crippen molar-refractivity contribution in [3.63, 3.8) is 0 Å². The van der Waals surface area contributed by atoms with E-state index in [9.17, 15) is 4.79 Å². The summed E-state index contributed by atoms with van der Waals surface area (Å²) < 4.78 is 0. The van der Waals surface area contributed by atoms with Crippen molar-refractivity contribution >= 4 is 28.8 Å². The van der Waals surface area contributed by atoms with Crippen LogP contribution in [0.1, 0.15) is 37.0 Å². The fourth-order valence-electron chi connectivity index (χ4n) is 1.88. The summed E-state index contributed by atoms with van der Waals surface area (Å²) in [6.07, 6.45) is 0.934. The number of alkyl halides is 1. The Bertz CT molecular complexity index is 408. The second kappa shape index (κ2) is 7.82. The Morgan fingerprint density at radius 2 is 2.16 bits per heavy atom. The normalized spacial score (nSPS) is 12.7. The van der Waals surface area contributed by atoms with Crippen molar-refractivity contribution in [2.24, 2.45) is 0 Å². The highest BCUT2D eigenvalue weighted by molar-refractivity contribution is 7.09. The third-order valence-corrected chi connectivity index (χ3v) is 4.33. The fraction of sp³-hybridized carbons (Fsp3) is 0.692. The molecule has 0 aliphatic carbocycles. The molecule has 0 fully saturated rings. The van der Waals surface area contributed by atoms with E-state index in [-0.39, 0.29) is 11.9 Å². The fourth-order valence-corrected chi connectivity index (χ4v) is 3.15. The van der Waals surface area contributed by atoms with Gasteiger partial charge in [0.1, 0.15) is 5.01 Å². The molecule has 4 nitrogen and oxygen atoms in total. The molecule has 0 aromatic carbocycles. The summed E-state index contributed by atoms with van der Waals surface area (Å²) in [5, 5.41) is 3.04. The maximum atomic E-state index is 11.9. The minimum Gasteiger partial charge on any atom is -0.348 e. The van der Waals surface area contributed by atoms with E-state index in [1.54, 1.807) is 30.3 Å². The quantitative estimate of drug-likeness (QED) is 0.727. The van der Waals surface area contributed by atoms with Crippen LogP contribution in [0, 0.1) is 0 Å². The van der Waals surface area contributed by atoms with Crippen LogP contribution in [0.2, 0.25) is 0 Å². The Balaban J connectivity index is 2.83. The number of rotatable bonds is 7. The number of carbonyl (C=O) groups excluding carboxylic acids is 1. The second-order valence-corrected chi connectivity index (χ2v) is 5.74. The molecule has 1 rings (SSSR count). The van der Waals surface area contributed by atoms with Crippen LogP contribution < -0.4 is 0 Å². The first kappa shape index (κ1) is 16.4. The Labute approximate surface area is 124 Å². The molecule has 1 aromatic heterocycles. The highest BCUT2D eigenvalue weighted by atomic mass is 35.5. The maximum absolute atomic E-state index is 11.9. The number of thiazole rings is 1. The second-order valence-electron chi connectivity index (χ2n) is 4.59. The van der Waals surface area contributed by atoms with Gasteiger partial charge in [-0.3, -0.25) is 9.69 Å². The van der Waals surface area contributed by atoms with Crippen LogP contribution in [0.15, 0.2) is 5.38 Å². The van der Waals surface area contributed by atoms with Gasteiger partial charge < -0.3 is 4.90 Å². The van der Waals surface area contributed by atoms with Crippen molar-refractivity contribution in [1.82, 2.24) is 14.8 Å². The summed E-state index contributed by atoms with van der Waals surface area (Å²) in [7, 11) is 3.57. The van der Waals surface area contributed by atoms with Gasteiger partial charge >= 0.3 is 0 Å². The van der Waals surface area contributed by atoms with Crippen molar-refractivity contribution in [2.45, 2.75) is 32.2 Å². The molecule has 108 valence electrons. The summed E-state index contributed by atoms with van der Waals surface area (Å²) in [6.45, 7) is 5.45. The van der Waals surface area contributed by atoms with Gasteiger partial charge in [0.25, 0.3) is 0 Å². The van der Waals surface area contributed by atoms with Crippen molar-refractivity contribution in [3.05, 3.63) is 16.1 Å². The van der Waals surface area contributed by atoms with Crippen molar-refractivity contribution in [2.75, 3.05) is 27.2 Å². The van der Waals surface area contributed by atoms with Gasteiger partial charge in [0, 0.05) is 19.5 Å². The highest BCUT2D eigenvalue weighted by Crippen LogP contribution is 2.27. The molecule has 0 spiro atoms. The Morgan fingerprint density at radius 1 is 1.47 bits per heavy atom. The van der Waals surface area contributed by atoms with Gasteiger partial charge in [-0.1, -0.05) is 13.8 Å². The SMILES string of the molecule is CCC(c1nc(CCl)cs1)N(CC)CC(=O)N(C)C. The predicted molar refractivity (Wildman–Crippen MR) is 80.6 cm³/mol. The molecule has 1 atom stereocenters. The molecule has 0 aliphatic rings. The van der Waals surface area contributed by atoms with Crippen LogP contribution in [0.5, 0.6) is 0 Å². The summed E-state index contributed by atoms with van der Waals surface area (Å²) in [5.41, 5.74) is 0.912. The molecule has 0 radical (unpaired) electrons. The van der Waals surface area contributed by atoms with E-state index in [1.165, 1.54) is 0 Å². The molecule has 1 heterocycles. The lowest BCUT2D eigenvalue weighted by Gasteiger charge is -2.28. The van der Waals surface area contributed by atoms with Crippen molar-refractivity contribution < 1.29 is 4.79 Å². The Morgan fingerprint density at radius 3 is 2.58 bits per heavy atom. The zero-order valence-corrected chi connectivity index (χ0v) is 13.6. The number of carbonyl (C=O) groups is 1. The number of hydrogen-bond acceptors (Lipinski definition) is 4. The predicted octanol–water partition coefficient (Wildman–Crippen LogP) is 2.74. The maximum Gasteiger partial charge on any atom is 0.236 e. The van der Waals surface area contributed by atoms with Crippen LogP contribution in [-0.4, -0.2) is 47.9 Å². The topological polar surface area (TPSA) is 36.4 Å². The first-order valence-electron chi connectivity index (χ1n) is 6.47. The first-order chi connectivity index (χ1) is 9.03. The Kier molecular flexibility index (Phi) is 6.75. The minimum atomic E-state index is 0.120. The zero-order valence-electron chi connectivity index (χ0n) is 12.0. The standard InChI is InChI=1S/C13H22ClN3OS/c1-5-11(13-15-10(7-14)9-19-13)17(6-2)8-12(18)16(3)4/h9,11H,5-8H2,1-4H3. The van der Waals surface area contributed by atoms with E-state index < -0.39 is 0 Å². The molecule has 1 amide bonds. The van der Waals surface area contributed by atoms with E-state index in [1.807, 2.05) is 5.38 Å². The lowest BCUT2D eigenvalue weighted by molar-refractivity contribution is -0.130. The van der Waals surface area contributed by atoms with E-state index in [2.05, 4.69) is 23.7 Å². The average Bonchev–Trinajstić information content (AvgIpc) is 2.86. The molecular formula is C13H22ClN3OS.